The van der Waals surface area contributed by atoms with Crippen LogP contribution in [-0.4, -0.2) is 31.7 Å². The maximum absolute atomic E-state index is 4.18. The van der Waals surface area contributed by atoms with Gasteiger partial charge in [-0.2, -0.15) is 0 Å². The van der Waals surface area contributed by atoms with Crippen LogP contribution >= 0.6 is 0 Å². The Bertz CT molecular complexity index is 501. The van der Waals surface area contributed by atoms with E-state index in [4.69, 9.17) is 0 Å². The fourth-order valence-corrected chi connectivity index (χ4v) is 3.55. The topological polar surface area (TPSA) is 37.0 Å². The van der Waals surface area contributed by atoms with Crippen molar-refractivity contribution in [3.8, 4) is 0 Å². The van der Waals surface area contributed by atoms with Gasteiger partial charge in [0.2, 0.25) is 0 Å². The van der Waals surface area contributed by atoms with Gasteiger partial charge in [-0.3, -0.25) is 4.98 Å². The highest BCUT2D eigenvalue weighted by molar-refractivity contribution is 5.33. The van der Waals surface area contributed by atoms with Crippen LogP contribution in [0.1, 0.15) is 17.0 Å². The Labute approximate surface area is 126 Å². The van der Waals surface area contributed by atoms with Crippen LogP contribution in [0.5, 0.6) is 0 Å². The van der Waals surface area contributed by atoms with E-state index in [1.54, 1.807) is 0 Å². The van der Waals surface area contributed by atoms with E-state index in [9.17, 15) is 0 Å². The number of aromatic nitrogens is 1. The highest BCUT2D eigenvalue weighted by Gasteiger charge is 2.34. The van der Waals surface area contributed by atoms with E-state index in [-0.39, 0.29) is 0 Å². The van der Waals surface area contributed by atoms with E-state index < -0.39 is 0 Å². The lowest BCUT2D eigenvalue weighted by Crippen LogP contribution is -2.29. The molecule has 3 atom stereocenters. The Kier molecular flexibility index (Phi) is 4.63. The summed E-state index contributed by atoms with van der Waals surface area (Å²) in [5, 5.41) is 6.92. The maximum atomic E-state index is 4.18. The molecule has 2 unspecified atom stereocenters. The highest BCUT2D eigenvalue weighted by Crippen LogP contribution is 2.37. The molecule has 3 heteroatoms. The molecule has 1 aromatic heterocycles. The standard InChI is InChI=1S/C18H23N3/c1-19-11-16-12-21-13-17(16)18(14-5-3-2-4-6-14)15-7-9-20-10-8-15/h2-10,16-19,21H,11-13H2,1H3/t16-,17?,18?/m0/s1. The summed E-state index contributed by atoms with van der Waals surface area (Å²) in [6, 6.07) is 15.2. The molecule has 0 saturated carbocycles. The summed E-state index contributed by atoms with van der Waals surface area (Å²) in [6.07, 6.45) is 3.81. The second kappa shape index (κ2) is 6.83. The van der Waals surface area contributed by atoms with E-state index in [0.717, 1.165) is 19.6 Å². The van der Waals surface area contributed by atoms with Gasteiger partial charge in [0.05, 0.1) is 0 Å². The van der Waals surface area contributed by atoms with Crippen molar-refractivity contribution < 1.29 is 0 Å². The van der Waals surface area contributed by atoms with Crippen molar-refractivity contribution in [2.24, 2.45) is 11.8 Å². The van der Waals surface area contributed by atoms with Crippen molar-refractivity contribution in [3.63, 3.8) is 0 Å². The SMILES string of the molecule is CNC[C@H]1CNCC1C(c1ccccc1)c1ccncc1. The third-order valence-electron chi connectivity index (χ3n) is 4.51. The minimum absolute atomic E-state index is 0.433. The smallest absolute Gasteiger partial charge is 0.0270 e. The average molecular weight is 281 g/mol. The zero-order valence-electron chi connectivity index (χ0n) is 12.5. The first-order valence-electron chi connectivity index (χ1n) is 7.70. The normalized spacial score (nSPS) is 23.1. The summed E-state index contributed by atoms with van der Waals surface area (Å²) in [4.78, 5) is 4.18. The van der Waals surface area contributed by atoms with Crippen LogP contribution in [0.2, 0.25) is 0 Å². The zero-order valence-corrected chi connectivity index (χ0v) is 12.5. The molecule has 3 nitrogen and oxygen atoms in total. The van der Waals surface area contributed by atoms with E-state index in [1.807, 2.05) is 19.4 Å². The summed E-state index contributed by atoms with van der Waals surface area (Å²) < 4.78 is 0. The molecule has 1 aliphatic rings. The van der Waals surface area contributed by atoms with Crippen LogP contribution < -0.4 is 10.6 Å². The van der Waals surface area contributed by atoms with Gasteiger partial charge in [-0.25, -0.2) is 0 Å². The summed E-state index contributed by atoms with van der Waals surface area (Å²) in [6.45, 7) is 3.24. The predicted molar refractivity (Wildman–Crippen MR) is 86.3 cm³/mol. The summed E-state index contributed by atoms with van der Waals surface area (Å²) in [7, 11) is 2.04. The Morgan fingerprint density at radius 3 is 2.52 bits per heavy atom. The number of nitrogens with zero attached hydrogens (tertiary/aromatic N) is 1. The first-order chi connectivity index (χ1) is 10.4. The lowest BCUT2D eigenvalue weighted by molar-refractivity contribution is 0.370. The predicted octanol–water partition coefficient (Wildman–Crippen LogP) is 2.27. The molecule has 0 aliphatic carbocycles. The Morgan fingerprint density at radius 2 is 1.81 bits per heavy atom. The van der Waals surface area contributed by atoms with Gasteiger partial charge in [-0.1, -0.05) is 30.3 Å². The van der Waals surface area contributed by atoms with Crippen molar-refractivity contribution in [2.45, 2.75) is 5.92 Å². The molecule has 110 valence electrons. The molecule has 0 spiro atoms. The quantitative estimate of drug-likeness (QED) is 0.883. The van der Waals surface area contributed by atoms with Crippen molar-refractivity contribution in [3.05, 3.63) is 66.0 Å². The third-order valence-corrected chi connectivity index (χ3v) is 4.51. The van der Waals surface area contributed by atoms with Gasteiger partial charge in [-0.05, 0) is 61.8 Å². The van der Waals surface area contributed by atoms with Crippen LogP contribution in [0.4, 0.5) is 0 Å². The van der Waals surface area contributed by atoms with Crippen LogP contribution in [0.25, 0.3) is 0 Å². The maximum Gasteiger partial charge on any atom is 0.0270 e. The van der Waals surface area contributed by atoms with E-state index in [0.29, 0.717) is 17.8 Å². The highest BCUT2D eigenvalue weighted by atomic mass is 14.9. The Hall–Kier alpha value is -1.71. The molecule has 1 aliphatic heterocycles. The first kappa shape index (κ1) is 14.2. The molecular weight excluding hydrogens is 258 g/mol. The molecule has 21 heavy (non-hydrogen) atoms. The van der Waals surface area contributed by atoms with E-state index in [2.05, 4.69) is 58.1 Å². The summed E-state index contributed by atoms with van der Waals surface area (Å²) in [5.41, 5.74) is 2.77. The van der Waals surface area contributed by atoms with Gasteiger partial charge < -0.3 is 10.6 Å². The third kappa shape index (κ3) is 3.14. The number of hydrogen-bond acceptors (Lipinski definition) is 3. The molecule has 0 amide bonds. The zero-order chi connectivity index (χ0) is 14.5. The Morgan fingerprint density at radius 1 is 1.10 bits per heavy atom. The van der Waals surface area contributed by atoms with Gasteiger partial charge in [-0.15, -0.1) is 0 Å². The van der Waals surface area contributed by atoms with Crippen molar-refractivity contribution in [2.75, 3.05) is 26.7 Å². The van der Waals surface area contributed by atoms with Crippen molar-refractivity contribution in [1.82, 2.24) is 15.6 Å². The van der Waals surface area contributed by atoms with Crippen LogP contribution in [0.3, 0.4) is 0 Å². The molecule has 1 aromatic carbocycles. The fraction of sp³-hybridized carbons (Fsp3) is 0.389. The van der Waals surface area contributed by atoms with Crippen LogP contribution in [0, 0.1) is 11.8 Å². The summed E-state index contributed by atoms with van der Waals surface area (Å²) in [5.74, 6) is 1.71. The number of nitrogens with one attached hydrogen (secondary N) is 2. The van der Waals surface area contributed by atoms with Gasteiger partial charge in [0.25, 0.3) is 0 Å². The average Bonchev–Trinajstić information content (AvgIpc) is 2.98. The second-order valence-corrected chi connectivity index (χ2v) is 5.81. The minimum atomic E-state index is 0.433. The molecule has 1 fully saturated rings. The molecule has 0 bridgehead atoms. The first-order valence-corrected chi connectivity index (χ1v) is 7.70. The Balaban J connectivity index is 1.97. The molecule has 2 heterocycles. The largest absolute Gasteiger partial charge is 0.319 e. The van der Waals surface area contributed by atoms with Gasteiger partial charge in [0.15, 0.2) is 0 Å². The molecule has 0 radical (unpaired) electrons. The minimum Gasteiger partial charge on any atom is -0.319 e. The monoisotopic (exact) mass is 281 g/mol. The van der Waals surface area contributed by atoms with Gasteiger partial charge in [0, 0.05) is 18.3 Å². The van der Waals surface area contributed by atoms with Crippen molar-refractivity contribution in [1.29, 1.82) is 0 Å². The van der Waals surface area contributed by atoms with Gasteiger partial charge >= 0.3 is 0 Å². The van der Waals surface area contributed by atoms with Gasteiger partial charge in [0.1, 0.15) is 0 Å². The molecule has 2 N–H and O–H groups in total. The number of benzene rings is 1. The number of rotatable bonds is 5. The molecule has 3 rings (SSSR count). The lowest BCUT2D eigenvalue weighted by Gasteiger charge is -2.29. The van der Waals surface area contributed by atoms with Crippen LogP contribution in [0.15, 0.2) is 54.9 Å². The molecular formula is C18H23N3. The van der Waals surface area contributed by atoms with Crippen molar-refractivity contribution >= 4 is 0 Å². The fourth-order valence-electron chi connectivity index (χ4n) is 3.55. The number of hydrogen-bond donors (Lipinski definition) is 2. The van der Waals surface area contributed by atoms with Crippen LogP contribution in [-0.2, 0) is 0 Å². The molecule has 1 saturated heterocycles. The van der Waals surface area contributed by atoms with E-state index in [1.165, 1.54) is 11.1 Å². The summed E-state index contributed by atoms with van der Waals surface area (Å²) >= 11 is 0. The van der Waals surface area contributed by atoms with E-state index >= 15 is 0 Å². The molecule has 2 aromatic rings. The number of pyridine rings is 1. The second-order valence-electron chi connectivity index (χ2n) is 5.81. The lowest BCUT2D eigenvalue weighted by atomic mass is 9.76.